The molecule has 0 saturated heterocycles. The highest BCUT2D eigenvalue weighted by atomic mass is 16.1. The molecule has 2 N–H and O–H groups in total. The van der Waals surface area contributed by atoms with Crippen LogP contribution in [0.25, 0.3) is 10.9 Å². The molecule has 1 aliphatic carbocycles. The van der Waals surface area contributed by atoms with Gasteiger partial charge in [0.05, 0.1) is 0 Å². The van der Waals surface area contributed by atoms with E-state index < -0.39 is 0 Å². The lowest BCUT2D eigenvalue weighted by atomic mass is 10.1. The summed E-state index contributed by atoms with van der Waals surface area (Å²) in [6.45, 7) is 2.15. The Kier molecular flexibility index (Phi) is 1.99. The van der Waals surface area contributed by atoms with Crippen molar-refractivity contribution in [3.05, 3.63) is 36.0 Å². The first-order valence-electron chi connectivity index (χ1n) is 5.62. The van der Waals surface area contributed by atoms with Crippen LogP contribution in [0.4, 0.5) is 0 Å². The van der Waals surface area contributed by atoms with Gasteiger partial charge in [0.1, 0.15) is 0 Å². The number of aromatic nitrogens is 1. The molecule has 0 bridgehead atoms. The summed E-state index contributed by atoms with van der Waals surface area (Å²) in [6.07, 6.45) is 2.97. The summed E-state index contributed by atoms with van der Waals surface area (Å²) in [7, 11) is 0. The third-order valence-corrected chi connectivity index (χ3v) is 3.27. The lowest BCUT2D eigenvalue weighted by Gasteiger charge is -2.04. The molecule has 2 aromatic rings. The Hall–Kier alpha value is -1.77. The summed E-state index contributed by atoms with van der Waals surface area (Å²) in [5, 5.41) is 4.04. The number of carbonyl (C=O) groups excluding carboxylic acids is 1. The second-order valence-corrected chi connectivity index (χ2v) is 4.54. The molecule has 0 aliphatic heterocycles. The largest absolute Gasteiger partial charge is 0.361 e. The number of amides is 1. The van der Waals surface area contributed by atoms with Gasteiger partial charge in [-0.25, -0.2) is 0 Å². The minimum Gasteiger partial charge on any atom is -0.361 e. The number of aromatic amines is 1. The van der Waals surface area contributed by atoms with Crippen molar-refractivity contribution in [1.29, 1.82) is 0 Å². The number of rotatable bonds is 2. The van der Waals surface area contributed by atoms with Gasteiger partial charge in [0.15, 0.2) is 0 Å². The van der Waals surface area contributed by atoms with Gasteiger partial charge in [0.25, 0.3) is 5.91 Å². The molecule has 1 aliphatic rings. The van der Waals surface area contributed by atoms with E-state index in [-0.39, 0.29) is 5.91 Å². The minimum atomic E-state index is 0.0413. The van der Waals surface area contributed by atoms with Gasteiger partial charge in [-0.15, -0.1) is 0 Å². The van der Waals surface area contributed by atoms with Crippen molar-refractivity contribution in [2.75, 3.05) is 0 Å². The van der Waals surface area contributed by atoms with Crippen LogP contribution in [-0.4, -0.2) is 16.9 Å². The summed E-state index contributed by atoms with van der Waals surface area (Å²) < 4.78 is 0. The summed E-state index contributed by atoms with van der Waals surface area (Å²) in [5.41, 5.74) is 1.77. The summed E-state index contributed by atoms with van der Waals surface area (Å²) in [6, 6.07) is 8.08. The standard InChI is InChI=1S/C13H14N2O/c1-8-7-12(8)15-13(16)10-3-2-4-11-9(10)5-6-14-11/h2-6,8,12,14H,7H2,1H3,(H,15,16). The van der Waals surface area contributed by atoms with E-state index in [2.05, 4.69) is 17.2 Å². The fourth-order valence-corrected chi connectivity index (χ4v) is 2.05. The van der Waals surface area contributed by atoms with E-state index in [1.54, 1.807) is 0 Å². The van der Waals surface area contributed by atoms with E-state index in [4.69, 9.17) is 0 Å². The van der Waals surface area contributed by atoms with E-state index >= 15 is 0 Å². The van der Waals surface area contributed by atoms with Crippen LogP contribution in [0.2, 0.25) is 0 Å². The lowest BCUT2D eigenvalue weighted by molar-refractivity contribution is 0.0951. The summed E-state index contributed by atoms with van der Waals surface area (Å²) in [5.74, 6) is 0.675. The maximum absolute atomic E-state index is 12.0. The maximum atomic E-state index is 12.0. The molecule has 0 spiro atoms. The number of H-pyrrole nitrogens is 1. The Balaban J connectivity index is 1.92. The minimum absolute atomic E-state index is 0.0413. The van der Waals surface area contributed by atoms with E-state index in [0.717, 1.165) is 22.9 Å². The normalized spacial score (nSPS) is 23.3. The van der Waals surface area contributed by atoms with Gasteiger partial charge in [-0.05, 0) is 30.5 Å². The number of fused-ring (bicyclic) bond motifs is 1. The topological polar surface area (TPSA) is 44.9 Å². The molecule has 1 aromatic carbocycles. The quantitative estimate of drug-likeness (QED) is 0.791. The predicted octanol–water partition coefficient (Wildman–Crippen LogP) is 2.31. The highest BCUT2D eigenvalue weighted by molar-refractivity contribution is 6.06. The third-order valence-electron chi connectivity index (χ3n) is 3.27. The zero-order valence-corrected chi connectivity index (χ0v) is 9.16. The molecule has 3 heteroatoms. The van der Waals surface area contributed by atoms with Gasteiger partial charge >= 0.3 is 0 Å². The van der Waals surface area contributed by atoms with Gasteiger partial charge < -0.3 is 10.3 Å². The zero-order chi connectivity index (χ0) is 11.1. The molecular weight excluding hydrogens is 200 g/mol. The monoisotopic (exact) mass is 214 g/mol. The third kappa shape index (κ3) is 1.48. The predicted molar refractivity (Wildman–Crippen MR) is 63.3 cm³/mol. The maximum Gasteiger partial charge on any atom is 0.252 e. The molecule has 1 heterocycles. The lowest BCUT2D eigenvalue weighted by Crippen LogP contribution is -2.26. The van der Waals surface area contributed by atoms with Gasteiger partial charge in [-0.3, -0.25) is 4.79 Å². The molecule has 3 nitrogen and oxygen atoms in total. The first-order valence-corrected chi connectivity index (χ1v) is 5.62. The summed E-state index contributed by atoms with van der Waals surface area (Å²) in [4.78, 5) is 15.1. The fourth-order valence-electron chi connectivity index (χ4n) is 2.05. The van der Waals surface area contributed by atoms with Gasteiger partial charge in [-0.1, -0.05) is 13.0 Å². The second kappa shape index (κ2) is 3.37. The van der Waals surface area contributed by atoms with Gasteiger partial charge in [0, 0.05) is 28.7 Å². The molecule has 3 rings (SSSR count). The van der Waals surface area contributed by atoms with Crippen LogP contribution in [0.3, 0.4) is 0 Å². The van der Waals surface area contributed by atoms with Crippen molar-refractivity contribution in [2.45, 2.75) is 19.4 Å². The SMILES string of the molecule is CC1CC1NC(=O)c1cccc2[nH]ccc12. The number of hydrogen-bond acceptors (Lipinski definition) is 1. The van der Waals surface area contributed by atoms with Crippen LogP contribution in [0, 0.1) is 5.92 Å². The van der Waals surface area contributed by atoms with Crippen molar-refractivity contribution >= 4 is 16.8 Å². The van der Waals surface area contributed by atoms with Crippen LogP contribution >= 0.6 is 0 Å². The van der Waals surface area contributed by atoms with Crippen LogP contribution in [0.15, 0.2) is 30.5 Å². The van der Waals surface area contributed by atoms with Crippen LogP contribution < -0.4 is 5.32 Å². The van der Waals surface area contributed by atoms with E-state index in [1.165, 1.54) is 0 Å². The molecule has 16 heavy (non-hydrogen) atoms. The molecule has 1 saturated carbocycles. The second-order valence-electron chi connectivity index (χ2n) is 4.54. The Morgan fingerprint density at radius 3 is 3.00 bits per heavy atom. The highest BCUT2D eigenvalue weighted by Gasteiger charge is 2.34. The van der Waals surface area contributed by atoms with Crippen LogP contribution in [0.5, 0.6) is 0 Å². The number of nitrogens with one attached hydrogen (secondary N) is 2. The van der Waals surface area contributed by atoms with Crippen molar-refractivity contribution in [3.63, 3.8) is 0 Å². The van der Waals surface area contributed by atoms with Crippen LogP contribution in [-0.2, 0) is 0 Å². The first kappa shape index (κ1) is 9.46. The number of benzene rings is 1. The number of carbonyl (C=O) groups is 1. The molecule has 1 aromatic heterocycles. The fraction of sp³-hybridized carbons (Fsp3) is 0.308. The molecule has 1 fully saturated rings. The number of hydrogen-bond donors (Lipinski definition) is 2. The molecule has 1 amide bonds. The Labute approximate surface area is 93.9 Å². The van der Waals surface area contributed by atoms with Crippen LogP contribution in [0.1, 0.15) is 23.7 Å². The molecule has 0 radical (unpaired) electrons. The van der Waals surface area contributed by atoms with E-state index in [9.17, 15) is 4.79 Å². The smallest absolute Gasteiger partial charge is 0.252 e. The molecule has 2 unspecified atom stereocenters. The zero-order valence-electron chi connectivity index (χ0n) is 9.16. The van der Waals surface area contributed by atoms with Crippen molar-refractivity contribution in [2.24, 2.45) is 5.92 Å². The van der Waals surface area contributed by atoms with Gasteiger partial charge in [-0.2, -0.15) is 0 Å². The van der Waals surface area contributed by atoms with Crippen molar-refractivity contribution in [1.82, 2.24) is 10.3 Å². The van der Waals surface area contributed by atoms with Crippen molar-refractivity contribution < 1.29 is 4.79 Å². The average Bonchev–Trinajstić information content (AvgIpc) is 2.81. The average molecular weight is 214 g/mol. The highest BCUT2D eigenvalue weighted by Crippen LogP contribution is 2.29. The van der Waals surface area contributed by atoms with Gasteiger partial charge in [0.2, 0.25) is 0 Å². The Morgan fingerprint density at radius 2 is 2.25 bits per heavy atom. The molecule has 82 valence electrons. The molecular formula is C13H14N2O. The van der Waals surface area contributed by atoms with E-state index in [0.29, 0.717) is 12.0 Å². The Morgan fingerprint density at radius 1 is 1.44 bits per heavy atom. The molecule has 2 atom stereocenters. The Bertz CT molecular complexity index is 544. The van der Waals surface area contributed by atoms with Crippen molar-refractivity contribution in [3.8, 4) is 0 Å². The first-order chi connectivity index (χ1) is 7.75. The summed E-state index contributed by atoms with van der Waals surface area (Å²) >= 11 is 0. The van der Waals surface area contributed by atoms with E-state index in [1.807, 2.05) is 30.5 Å².